The molecule has 4 nitrogen and oxygen atoms in total. The minimum absolute atomic E-state index is 0.158. The Kier molecular flexibility index (Phi) is 5.38. The van der Waals surface area contributed by atoms with Gasteiger partial charge in [0.1, 0.15) is 5.60 Å². The van der Waals surface area contributed by atoms with Crippen molar-refractivity contribution < 1.29 is 14.3 Å². The second kappa shape index (κ2) is 7.36. The maximum Gasteiger partial charge on any atom is 0.410 e. The molecule has 2 fully saturated rings. The molecule has 1 aromatic carbocycles. The zero-order chi connectivity index (χ0) is 18.0. The summed E-state index contributed by atoms with van der Waals surface area (Å²) in [6, 6.07) is 9.02. The molecule has 4 heteroatoms. The summed E-state index contributed by atoms with van der Waals surface area (Å²) in [5, 5.41) is 0. The Balaban J connectivity index is 1.58. The van der Waals surface area contributed by atoms with E-state index in [1.165, 1.54) is 11.1 Å². The third-order valence-electron chi connectivity index (χ3n) is 5.27. The van der Waals surface area contributed by atoms with E-state index in [9.17, 15) is 4.79 Å². The van der Waals surface area contributed by atoms with Crippen molar-refractivity contribution in [3.63, 3.8) is 0 Å². The van der Waals surface area contributed by atoms with Crippen LogP contribution >= 0.6 is 0 Å². The van der Waals surface area contributed by atoms with Crippen LogP contribution in [0.2, 0.25) is 0 Å². The largest absolute Gasteiger partial charge is 0.444 e. The Morgan fingerprint density at radius 1 is 1.12 bits per heavy atom. The van der Waals surface area contributed by atoms with Crippen molar-refractivity contribution in [2.24, 2.45) is 0 Å². The van der Waals surface area contributed by atoms with Gasteiger partial charge in [-0.25, -0.2) is 4.79 Å². The lowest BCUT2D eigenvalue weighted by atomic mass is 10.00. The van der Waals surface area contributed by atoms with Gasteiger partial charge >= 0.3 is 6.09 Å². The number of hydrogen-bond donors (Lipinski definition) is 0. The molecule has 2 saturated heterocycles. The highest BCUT2D eigenvalue weighted by molar-refractivity contribution is 5.69. The second-order valence-electron chi connectivity index (χ2n) is 8.30. The van der Waals surface area contributed by atoms with E-state index in [0.29, 0.717) is 6.61 Å². The van der Waals surface area contributed by atoms with Crippen LogP contribution in [0, 0.1) is 0 Å². The average Bonchev–Trinajstić information content (AvgIpc) is 2.83. The molecular weight excluding hydrogens is 314 g/mol. The number of ether oxygens (including phenoxy) is 2. The summed E-state index contributed by atoms with van der Waals surface area (Å²) in [6.45, 7) is 8.62. The number of aryl methyl sites for hydroxylation is 1. The number of benzene rings is 1. The van der Waals surface area contributed by atoms with Crippen LogP contribution in [0.5, 0.6) is 0 Å². The highest BCUT2D eigenvalue weighted by atomic mass is 16.6. The topological polar surface area (TPSA) is 38.8 Å². The number of nitrogens with zero attached hydrogens (tertiary/aromatic N) is 1. The van der Waals surface area contributed by atoms with E-state index in [1.807, 2.05) is 25.7 Å². The number of hydrogen-bond acceptors (Lipinski definition) is 3. The fraction of sp³-hybridized carbons (Fsp3) is 0.667. The van der Waals surface area contributed by atoms with Gasteiger partial charge in [-0.15, -0.1) is 0 Å². The van der Waals surface area contributed by atoms with Crippen molar-refractivity contribution in [1.29, 1.82) is 0 Å². The van der Waals surface area contributed by atoms with E-state index in [-0.39, 0.29) is 24.3 Å². The molecule has 25 heavy (non-hydrogen) atoms. The monoisotopic (exact) mass is 345 g/mol. The van der Waals surface area contributed by atoms with E-state index >= 15 is 0 Å². The van der Waals surface area contributed by atoms with Gasteiger partial charge in [-0.2, -0.15) is 0 Å². The van der Waals surface area contributed by atoms with Crippen LogP contribution in [0.1, 0.15) is 64.5 Å². The first-order valence-electron chi connectivity index (χ1n) is 9.57. The number of fused-ring (bicyclic) bond motifs is 2. The van der Waals surface area contributed by atoms with E-state index in [4.69, 9.17) is 9.47 Å². The summed E-state index contributed by atoms with van der Waals surface area (Å²) in [4.78, 5) is 14.5. The molecule has 0 radical (unpaired) electrons. The van der Waals surface area contributed by atoms with Gasteiger partial charge in [-0.05, 0) is 64.0 Å². The van der Waals surface area contributed by atoms with Crippen LogP contribution in [0.3, 0.4) is 0 Å². The summed E-state index contributed by atoms with van der Waals surface area (Å²) in [5.41, 5.74) is 2.21. The zero-order valence-electron chi connectivity index (χ0n) is 16.0. The fourth-order valence-corrected chi connectivity index (χ4v) is 4.13. The van der Waals surface area contributed by atoms with Gasteiger partial charge < -0.3 is 14.4 Å². The Morgan fingerprint density at radius 3 is 2.28 bits per heavy atom. The van der Waals surface area contributed by atoms with Crippen molar-refractivity contribution in [1.82, 2.24) is 4.90 Å². The van der Waals surface area contributed by atoms with Crippen LogP contribution in [-0.4, -0.2) is 34.8 Å². The molecule has 3 atom stereocenters. The molecule has 0 saturated carbocycles. The van der Waals surface area contributed by atoms with Crippen molar-refractivity contribution in [3.05, 3.63) is 35.4 Å². The van der Waals surface area contributed by atoms with E-state index in [1.54, 1.807) is 0 Å². The molecule has 1 amide bonds. The fourth-order valence-electron chi connectivity index (χ4n) is 4.13. The molecule has 3 rings (SSSR count). The first-order valence-corrected chi connectivity index (χ1v) is 9.57. The highest BCUT2D eigenvalue weighted by Gasteiger charge is 2.45. The molecule has 1 aromatic rings. The van der Waals surface area contributed by atoms with Crippen molar-refractivity contribution in [2.75, 3.05) is 0 Å². The first kappa shape index (κ1) is 18.2. The summed E-state index contributed by atoms with van der Waals surface area (Å²) in [5.74, 6) is 0. The number of amides is 1. The third kappa shape index (κ3) is 4.35. The molecule has 138 valence electrons. The van der Waals surface area contributed by atoms with Gasteiger partial charge in [0.2, 0.25) is 0 Å². The molecule has 0 spiro atoms. The van der Waals surface area contributed by atoms with Crippen molar-refractivity contribution in [2.45, 2.75) is 90.2 Å². The van der Waals surface area contributed by atoms with Crippen LogP contribution in [0.4, 0.5) is 4.79 Å². The van der Waals surface area contributed by atoms with Crippen LogP contribution in [-0.2, 0) is 22.5 Å². The molecule has 0 unspecified atom stereocenters. The lowest BCUT2D eigenvalue weighted by Gasteiger charge is -2.39. The molecule has 2 bridgehead atoms. The third-order valence-corrected chi connectivity index (χ3v) is 5.27. The lowest BCUT2D eigenvalue weighted by molar-refractivity contribution is -0.0398. The lowest BCUT2D eigenvalue weighted by Crippen LogP contribution is -2.50. The van der Waals surface area contributed by atoms with Crippen LogP contribution < -0.4 is 0 Å². The maximum absolute atomic E-state index is 12.5. The Hall–Kier alpha value is -1.55. The number of piperidine rings is 1. The van der Waals surface area contributed by atoms with Gasteiger partial charge in [-0.3, -0.25) is 0 Å². The van der Waals surface area contributed by atoms with Gasteiger partial charge in [0, 0.05) is 12.1 Å². The Labute approximate surface area is 151 Å². The SMILES string of the molecule is CCc1ccccc1CO[C@H]1C[C@H]2CC[C@@H](C1)N2C(=O)OC(C)(C)C. The first-order chi connectivity index (χ1) is 11.9. The number of rotatable bonds is 4. The molecule has 0 aromatic heterocycles. The minimum atomic E-state index is -0.437. The zero-order valence-corrected chi connectivity index (χ0v) is 16.0. The minimum Gasteiger partial charge on any atom is -0.444 e. The predicted octanol–water partition coefficient (Wildman–Crippen LogP) is 4.70. The molecule has 2 heterocycles. The maximum atomic E-state index is 12.5. The van der Waals surface area contributed by atoms with Gasteiger partial charge in [-0.1, -0.05) is 31.2 Å². The molecule has 2 aliphatic heterocycles. The molecule has 2 aliphatic rings. The summed E-state index contributed by atoms with van der Waals surface area (Å²) < 4.78 is 11.8. The average molecular weight is 345 g/mol. The van der Waals surface area contributed by atoms with Crippen LogP contribution in [0.25, 0.3) is 0 Å². The predicted molar refractivity (Wildman–Crippen MR) is 98.5 cm³/mol. The smallest absolute Gasteiger partial charge is 0.410 e. The summed E-state index contributed by atoms with van der Waals surface area (Å²) in [7, 11) is 0. The number of carbonyl (C=O) groups is 1. The summed E-state index contributed by atoms with van der Waals surface area (Å²) in [6.07, 6.45) is 5.08. The summed E-state index contributed by atoms with van der Waals surface area (Å²) >= 11 is 0. The van der Waals surface area contributed by atoms with Gasteiger partial charge in [0.05, 0.1) is 12.7 Å². The van der Waals surface area contributed by atoms with E-state index in [0.717, 1.165) is 32.1 Å². The Bertz CT molecular complexity index is 593. The highest BCUT2D eigenvalue weighted by Crippen LogP contribution is 2.38. The second-order valence-corrected chi connectivity index (χ2v) is 8.30. The molecule has 0 N–H and O–H groups in total. The van der Waals surface area contributed by atoms with Gasteiger partial charge in [0.25, 0.3) is 0 Å². The Morgan fingerprint density at radius 2 is 1.72 bits per heavy atom. The molecule has 0 aliphatic carbocycles. The van der Waals surface area contributed by atoms with Crippen molar-refractivity contribution in [3.8, 4) is 0 Å². The van der Waals surface area contributed by atoms with Crippen molar-refractivity contribution >= 4 is 6.09 Å². The molecular formula is C21H31NO3. The van der Waals surface area contributed by atoms with Crippen LogP contribution in [0.15, 0.2) is 24.3 Å². The quantitative estimate of drug-likeness (QED) is 0.794. The van der Waals surface area contributed by atoms with E-state index in [2.05, 4.69) is 31.2 Å². The standard InChI is InChI=1S/C21H31NO3/c1-5-15-8-6-7-9-16(15)14-24-19-12-17-10-11-18(13-19)22(17)20(23)25-21(2,3)4/h6-9,17-19H,5,10-14H2,1-4H3/t17-,18+,19+. The van der Waals surface area contributed by atoms with Gasteiger partial charge in [0.15, 0.2) is 0 Å². The van der Waals surface area contributed by atoms with E-state index < -0.39 is 5.60 Å². The normalized spacial score (nSPS) is 25.9. The number of carbonyl (C=O) groups excluding carboxylic acids is 1.